The highest BCUT2D eigenvalue weighted by atomic mass is 32.2. The van der Waals surface area contributed by atoms with Crippen LogP contribution >= 0.6 is 11.8 Å². The SMILES string of the molecule is CCn1cncc1CNCC1(SC)CC1. The minimum atomic E-state index is 0.553. The smallest absolute Gasteiger partial charge is 0.0948 e. The Kier molecular flexibility index (Phi) is 3.36. The van der Waals surface area contributed by atoms with Gasteiger partial charge in [-0.1, -0.05) is 0 Å². The Morgan fingerprint density at radius 3 is 3.00 bits per heavy atom. The second-order valence-electron chi connectivity index (χ2n) is 4.16. The van der Waals surface area contributed by atoms with Crippen LogP contribution in [0, 0.1) is 0 Å². The van der Waals surface area contributed by atoms with E-state index >= 15 is 0 Å². The summed E-state index contributed by atoms with van der Waals surface area (Å²) in [4.78, 5) is 4.16. The molecule has 84 valence electrons. The van der Waals surface area contributed by atoms with Crippen molar-refractivity contribution in [2.75, 3.05) is 12.8 Å². The van der Waals surface area contributed by atoms with Gasteiger partial charge in [0.1, 0.15) is 0 Å². The number of aryl methyl sites for hydroxylation is 1. The van der Waals surface area contributed by atoms with Gasteiger partial charge in [0.05, 0.1) is 12.0 Å². The lowest BCUT2D eigenvalue weighted by Crippen LogP contribution is -2.26. The lowest BCUT2D eigenvalue weighted by atomic mass is 10.4. The highest BCUT2D eigenvalue weighted by Gasteiger charge is 2.41. The third kappa shape index (κ3) is 2.55. The van der Waals surface area contributed by atoms with E-state index in [9.17, 15) is 0 Å². The molecule has 0 radical (unpaired) electrons. The van der Waals surface area contributed by atoms with E-state index in [0.29, 0.717) is 4.75 Å². The zero-order valence-electron chi connectivity index (χ0n) is 9.49. The number of aromatic nitrogens is 2. The molecule has 1 saturated carbocycles. The molecule has 1 fully saturated rings. The quantitative estimate of drug-likeness (QED) is 0.802. The predicted octanol–water partition coefficient (Wildman–Crippen LogP) is 1.89. The van der Waals surface area contributed by atoms with Crippen LogP contribution in [0.3, 0.4) is 0 Å². The van der Waals surface area contributed by atoms with Crippen molar-refractivity contribution in [2.24, 2.45) is 0 Å². The fraction of sp³-hybridized carbons (Fsp3) is 0.727. The first-order valence-corrected chi connectivity index (χ1v) is 6.77. The molecular weight excluding hydrogens is 206 g/mol. The van der Waals surface area contributed by atoms with Crippen LogP contribution in [0.5, 0.6) is 0 Å². The molecule has 15 heavy (non-hydrogen) atoms. The standard InChI is InChI=1S/C11H19N3S/c1-3-14-9-13-7-10(14)6-12-8-11(15-2)4-5-11/h7,9,12H,3-6,8H2,1-2H3. The molecule has 1 N–H and O–H groups in total. The first kappa shape index (κ1) is 11.0. The average molecular weight is 225 g/mol. The van der Waals surface area contributed by atoms with Gasteiger partial charge in [0.2, 0.25) is 0 Å². The summed E-state index contributed by atoms with van der Waals surface area (Å²) in [6.07, 6.45) is 8.81. The van der Waals surface area contributed by atoms with Gasteiger partial charge in [-0.2, -0.15) is 11.8 Å². The molecule has 1 heterocycles. The maximum absolute atomic E-state index is 4.16. The fourth-order valence-corrected chi connectivity index (χ4v) is 2.55. The summed E-state index contributed by atoms with van der Waals surface area (Å²) in [6.45, 7) is 5.22. The molecule has 0 amide bonds. The molecule has 3 nitrogen and oxygen atoms in total. The molecule has 0 bridgehead atoms. The predicted molar refractivity (Wildman–Crippen MR) is 65.1 cm³/mol. The third-order valence-corrected chi connectivity index (χ3v) is 4.55. The van der Waals surface area contributed by atoms with Gasteiger partial charge in [0, 0.05) is 30.6 Å². The first-order chi connectivity index (χ1) is 7.29. The minimum absolute atomic E-state index is 0.553. The van der Waals surface area contributed by atoms with Crippen LogP contribution in [-0.2, 0) is 13.1 Å². The fourth-order valence-electron chi connectivity index (χ4n) is 1.79. The van der Waals surface area contributed by atoms with E-state index < -0.39 is 0 Å². The van der Waals surface area contributed by atoms with Crippen LogP contribution in [0.4, 0.5) is 0 Å². The Morgan fingerprint density at radius 2 is 2.40 bits per heavy atom. The van der Waals surface area contributed by atoms with Crippen LogP contribution in [-0.4, -0.2) is 27.1 Å². The number of nitrogens with zero attached hydrogens (tertiary/aromatic N) is 2. The van der Waals surface area contributed by atoms with E-state index in [2.05, 4.69) is 28.0 Å². The van der Waals surface area contributed by atoms with Crippen molar-refractivity contribution >= 4 is 11.8 Å². The summed E-state index contributed by atoms with van der Waals surface area (Å²) in [7, 11) is 0. The van der Waals surface area contributed by atoms with Gasteiger partial charge in [-0.25, -0.2) is 4.98 Å². The zero-order valence-corrected chi connectivity index (χ0v) is 10.3. The zero-order chi connectivity index (χ0) is 10.7. The van der Waals surface area contributed by atoms with Crippen LogP contribution in [0.1, 0.15) is 25.5 Å². The van der Waals surface area contributed by atoms with Crippen LogP contribution in [0.25, 0.3) is 0 Å². The lowest BCUT2D eigenvalue weighted by Gasteiger charge is -2.13. The van der Waals surface area contributed by atoms with Gasteiger partial charge in [-0.3, -0.25) is 0 Å². The normalized spacial score (nSPS) is 18.0. The van der Waals surface area contributed by atoms with E-state index in [1.54, 1.807) is 0 Å². The maximum Gasteiger partial charge on any atom is 0.0948 e. The summed E-state index contributed by atoms with van der Waals surface area (Å²) >= 11 is 2.00. The Bertz CT molecular complexity index is 317. The first-order valence-electron chi connectivity index (χ1n) is 5.54. The topological polar surface area (TPSA) is 29.9 Å². The summed E-state index contributed by atoms with van der Waals surface area (Å²) in [5.74, 6) is 0. The van der Waals surface area contributed by atoms with Crippen molar-refractivity contribution in [3.63, 3.8) is 0 Å². The number of hydrogen-bond acceptors (Lipinski definition) is 3. The van der Waals surface area contributed by atoms with E-state index in [1.165, 1.54) is 18.5 Å². The Balaban J connectivity index is 1.78. The molecule has 1 aromatic heterocycles. The van der Waals surface area contributed by atoms with Gasteiger partial charge in [-0.05, 0) is 26.0 Å². The van der Waals surface area contributed by atoms with Gasteiger partial charge < -0.3 is 9.88 Å². The maximum atomic E-state index is 4.16. The molecule has 0 atom stereocenters. The lowest BCUT2D eigenvalue weighted by molar-refractivity contribution is 0.615. The summed E-state index contributed by atoms with van der Waals surface area (Å²) in [5.41, 5.74) is 1.29. The summed E-state index contributed by atoms with van der Waals surface area (Å²) in [5, 5.41) is 3.53. The second-order valence-corrected chi connectivity index (χ2v) is 5.44. The Labute approximate surface area is 95.7 Å². The highest BCUT2D eigenvalue weighted by Crippen LogP contribution is 2.46. The van der Waals surface area contributed by atoms with Crippen molar-refractivity contribution in [3.8, 4) is 0 Å². The van der Waals surface area contributed by atoms with Gasteiger partial charge >= 0.3 is 0 Å². The molecular formula is C11H19N3S. The molecule has 0 aliphatic heterocycles. The molecule has 2 rings (SSSR count). The number of nitrogens with one attached hydrogen (secondary N) is 1. The number of hydrogen-bond donors (Lipinski definition) is 1. The molecule has 0 saturated heterocycles. The molecule has 0 aromatic carbocycles. The highest BCUT2D eigenvalue weighted by molar-refractivity contribution is 8.00. The number of rotatable bonds is 6. The molecule has 1 aliphatic carbocycles. The summed E-state index contributed by atoms with van der Waals surface area (Å²) in [6, 6.07) is 0. The molecule has 0 spiro atoms. The average Bonchev–Trinajstić information content (AvgIpc) is 2.90. The monoisotopic (exact) mass is 225 g/mol. The van der Waals surface area contributed by atoms with Gasteiger partial charge in [0.15, 0.2) is 0 Å². The summed E-state index contributed by atoms with van der Waals surface area (Å²) < 4.78 is 2.74. The molecule has 0 unspecified atom stereocenters. The second kappa shape index (κ2) is 4.58. The van der Waals surface area contributed by atoms with Crippen molar-refractivity contribution in [2.45, 2.75) is 37.6 Å². The Hall–Kier alpha value is -0.480. The van der Waals surface area contributed by atoms with Crippen LogP contribution < -0.4 is 5.32 Å². The number of imidazole rings is 1. The number of thioether (sulfide) groups is 1. The van der Waals surface area contributed by atoms with E-state index in [0.717, 1.165) is 19.6 Å². The Morgan fingerprint density at radius 1 is 1.60 bits per heavy atom. The molecule has 1 aromatic rings. The van der Waals surface area contributed by atoms with Crippen LogP contribution in [0.15, 0.2) is 12.5 Å². The largest absolute Gasteiger partial charge is 0.334 e. The van der Waals surface area contributed by atoms with E-state index in [1.807, 2.05) is 24.3 Å². The van der Waals surface area contributed by atoms with Gasteiger partial charge in [0.25, 0.3) is 0 Å². The molecule has 4 heteroatoms. The van der Waals surface area contributed by atoms with Crippen LogP contribution in [0.2, 0.25) is 0 Å². The van der Waals surface area contributed by atoms with Crippen molar-refractivity contribution in [1.29, 1.82) is 0 Å². The van der Waals surface area contributed by atoms with E-state index in [-0.39, 0.29) is 0 Å². The third-order valence-electron chi connectivity index (χ3n) is 3.13. The van der Waals surface area contributed by atoms with Crippen molar-refractivity contribution in [3.05, 3.63) is 18.2 Å². The van der Waals surface area contributed by atoms with Gasteiger partial charge in [-0.15, -0.1) is 0 Å². The van der Waals surface area contributed by atoms with E-state index in [4.69, 9.17) is 0 Å². The molecule has 1 aliphatic rings. The van der Waals surface area contributed by atoms with Crippen molar-refractivity contribution < 1.29 is 0 Å². The van der Waals surface area contributed by atoms with Crippen molar-refractivity contribution in [1.82, 2.24) is 14.9 Å². The minimum Gasteiger partial charge on any atom is -0.334 e.